The maximum Gasteiger partial charge on any atom is 0.0766 e. The Morgan fingerprint density at radius 1 is 1.36 bits per heavy atom. The van der Waals surface area contributed by atoms with Gasteiger partial charge in [0.05, 0.1) is 12.2 Å². The summed E-state index contributed by atoms with van der Waals surface area (Å²) >= 11 is 1.76. The second-order valence-corrected chi connectivity index (χ2v) is 3.84. The third kappa shape index (κ3) is 1.73. The van der Waals surface area contributed by atoms with E-state index in [1.54, 1.807) is 11.3 Å². The molecule has 1 aromatic carbocycles. The fraction of sp³-hybridized carbons (Fsp3) is 0.167. The van der Waals surface area contributed by atoms with Gasteiger partial charge in [0, 0.05) is 15.5 Å². The van der Waals surface area contributed by atoms with Crippen molar-refractivity contribution in [3.63, 3.8) is 0 Å². The number of rotatable bonds is 2. The highest BCUT2D eigenvalue weighted by atomic mass is 32.1. The number of hydrogen-bond donors (Lipinski definition) is 1. The zero-order valence-corrected chi connectivity index (χ0v) is 8.82. The largest absolute Gasteiger partial charge is 0.373 e. The quantitative estimate of drug-likeness (QED) is 0.735. The molecule has 2 rings (SSSR count). The van der Waals surface area contributed by atoms with Gasteiger partial charge in [0.2, 0.25) is 0 Å². The summed E-state index contributed by atoms with van der Waals surface area (Å²) in [5.74, 6) is 5.86. The van der Waals surface area contributed by atoms with E-state index in [2.05, 4.69) is 46.8 Å². The predicted molar refractivity (Wildman–Crippen MR) is 63.8 cm³/mol. The Morgan fingerprint density at radius 2 is 2.21 bits per heavy atom. The molecule has 0 unspecified atom stereocenters. The smallest absolute Gasteiger partial charge is 0.0766 e. The van der Waals surface area contributed by atoms with Crippen LogP contribution in [0.2, 0.25) is 0 Å². The van der Waals surface area contributed by atoms with Crippen LogP contribution in [-0.4, -0.2) is 6.54 Å². The highest BCUT2D eigenvalue weighted by Gasteiger charge is 2.00. The summed E-state index contributed by atoms with van der Waals surface area (Å²) in [6.45, 7) is 2.57. The lowest BCUT2D eigenvalue weighted by Crippen LogP contribution is -1.96. The molecule has 2 heteroatoms. The molecule has 2 aromatic rings. The summed E-state index contributed by atoms with van der Waals surface area (Å²) in [5.41, 5.74) is 1.19. The molecule has 0 aliphatic rings. The number of anilines is 1. The lowest BCUT2D eigenvalue weighted by Gasteiger charge is -1.98. The summed E-state index contributed by atoms with van der Waals surface area (Å²) in [6.07, 6.45) is 0. The van der Waals surface area contributed by atoms with Gasteiger partial charge in [-0.05, 0) is 13.0 Å². The van der Waals surface area contributed by atoms with Crippen LogP contribution in [0.15, 0.2) is 29.6 Å². The number of thiophene rings is 1. The summed E-state index contributed by atoms with van der Waals surface area (Å²) in [5, 5.41) is 6.73. The molecule has 0 bridgehead atoms. The van der Waals surface area contributed by atoms with Crippen LogP contribution in [0.5, 0.6) is 0 Å². The van der Waals surface area contributed by atoms with E-state index < -0.39 is 0 Å². The normalized spacial score (nSPS) is 9.50. The average molecular weight is 201 g/mol. The van der Waals surface area contributed by atoms with Crippen molar-refractivity contribution in [3.8, 4) is 11.8 Å². The molecule has 0 amide bonds. The molecule has 1 N–H and O–H groups in total. The number of fused-ring (bicyclic) bond motifs is 1. The van der Waals surface area contributed by atoms with Crippen molar-refractivity contribution < 1.29 is 0 Å². The summed E-state index contributed by atoms with van der Waals surface area (Å²) in [6, 6.07) is 8.39. The zero-order valence-electron chi connectivity index (χ0n) is 8.00. The average Bonchev–Trinajstić information content (AvgIpc) is 2.63. The van der Waals surface area contributed by atoms with Crippen molar-refractivity contribution in [1.29, 1.82) is 0 Å². The van der Waals surface area contributed by atoms with Crippen LogP contribution in [0.4, 0.5) is 5.69 Å². The lowest BCUT2D eigenvalue weighted by atomic mass is 10.2. The Hall–Kier alpha value is -1.46. The molecule has 70 valence electrons. The number of nitrogens with one attached hydrogen (secondary N) is 1. The third-order valence-electron chi connectivity index (χ3n) is 2.02. The van der Waals surface area contributed by atoms with E-state index in [0.29, 0.717) is 0 Å². The highest BCUT2D eigenvalue weighted by Crippen LogP contribution is 2.29. The topological polar surface area (TPSA) is 12.0 Å². The molecule has 14 heavy (non-hydrogen) atoms. The van der Waals surface area contributed by atoms with Gasteiger partial charge in [0.15, 0.2) is 0 Å². The van der Waals surface area contributed by atoms with E-state index in [9.17, 15) is 0 Å². The molecule has 0 saturated carbocycles. The van der Waals surface area contributed by atoms with Crippen molar-refractivity contribution in [2.45, 2.75) is 6.92 Å². The Balaban J connectivity index is 2.28. The molecule has 0 spiro atoms. The van der Waals surface area contributed by atoms with Gasteiger partial charge >= 0.3 is 0 Å². The number of benzene rings is 1. The highest BCUT2D eigenvalue weighted by molar-refractivity contribution is 7.17. The van der Waals surface area contributed by atoms with Crippen molar-refractivity contribution in [2.75, 3.05) is 11.9 Å². The van der Waals surface area contributed by atoms with Crippen LogP contribution < -0.4 is 5.32 Å². The SMILES string of the molecule is CC#CCNc1csc2ccccc12. The van der Waals surface area contributed by atoms with Crippen molar-refractivity contribution in [2.24, 2.45) is 0 Å². The Bertz CT molecular complexity index is 487. The second kappa shape index (κ2) is 4.17. The van der Waals surface area contributed by atoms with Crippen LogP contribution in [0.1, 0.15) is 6.92 Å². The van der Waals surface area contributed by atoms with E-state index in [1.807, 2.05) is 6.92 Å². The summed E-state index contributed by atoms with van der Waals surface area (Å²) in [4.78, 5) is 0. The van der Waals surface area contributed by atoms with E-state index in [-0.39, 0.29) is 0 Å². The standard InChI is InChI=1S/C12H11NS/c1-2-3-8-13-11-9-14-12-7-5-4-6-10(11)12/h4-7,9,13H,8H2,1H3. The first kappa shape index (κ1) is 9.11. The maximum absolute atomic E-state index is 3.31. The summed E-state index contributed by atoms with van der Waals surface area (Å²) in [7, 11) is 0. The van der Waals surface area contributed by atoms with E-state index in [4.69, 9.17) is 0 Å². The monoisotopic (exact) mass is 201 g/mol. The van der Waals surface area contributed by atoms with E-state index >= 15 is 0 Å². The first-order valence-electron chi connectivity index (χ1n) is 4.51. The molecule has 1 aromatic heterocycles. The van der Waals surface area contributed by atoms with Gasteiger partial charge in [-0.1, -0.05) is 24.1 Å². The van der Waals surface area contributed by atoms with Gasteiger partial charge in [-0.2, -0.15) is 0 Å². The Morgan fingerprint density at radius 3 is 3.07 bits per heavy atom. The molecule has 0 atom stereocenters. The van der Waals surface area contributed by atoms with Crippen molar-refractivity contribution in [1.82, 2.24) is 0 Å². The van der Waals surface area contributed by atoms with Gasteiger partial charge in [0.1, 0.15) is 0 Å². The minimum absolute atomic E-state index is 0.719. The van der Waals surface area contributed by atoms with Gasteiger partial charge < -0.3 is 5.32 Å². The molecule has 0 radical (unpaired) electrons. The molecule has 0 saturated heterocycles. The lowest BCUT2D eigenvalue weighted by molar-refractivity contribution is 1.40. The molecular formula is C12H11NS. The van der Waals surface area contributed by atoms with Crippen LogP contribution in [0.25, 0.3) is 10.1 Å². The van der Waals surface area contributed by atoms with Crippen molar-refractivity contribution in [3.05, 3.63) is 29.6 Å². The van der Waals surface area contributed by atoms with Crippen LogP contribution >= 0.6 is 11.3 Å². The van der Waals surface area contributed by atoms with E-state index in [1.165, 1.54) is 15.8 Å². The van der Waals surface area contributed by atoms with E-state index in [0.717, 1.165) is 6.54 Å². The molecule has 0 fully saturated rings. The minimum atomic E-state index is 0.719. The molecule has 1 nitrogen and oxygen atoms in total. The minimum Gasteiger partial charge on any atom is -0.373 e. The first-order valence-corrected chi connectivity index (χ1v) is 5.39. The first-order chi connectivity index (χ1) is 6.92. The predicted octanol–water partition coefficient (Wildman–Crippen LogP) is 3.34. The Kier molecular flexibility index (Phi) is 2.71. The van der Waals surface area contributed by atoms with Gasteiger partial charge in [-0.15, -0.1) is 17.3 Å². The molecular weight excluding hydrogens is 190 g/mol. The number of hydrogen-bond acceptors (Lipinski definition) is 2. The molecule has 0 aliphatic carbocycles. The fourth-order valence-electron chi connectivity index (χ4n) is 1.34. The fourth-order valence-corrected chi connectivity index (χ4v) is 2.26. The summed E-state index contributed by atoms with van der Waals surface area (Å²) < 4.78 is 1.32. The molecule has 0 aliphatic heterocycles. The van der Waals surface area contributed by atoms with Crippen LogP contribution in [-0.2, 0) is 0 Å². The zero-order chi connectivity index (χ0) is 9.80. The Labute approximate surface area is 87.8 Å². The second-order valence-electron chi connectivity index (χ2n) is 2.93. The maximum atomic E-state index is 3.31. The van der Waals surface area contributed by atoms with Crippen LogP contribution in [0, 0.1) is 11.8 Å². The molecule has 1 heterocycles. The van der Waals surface area contributed by atoms with Crippen LogP contribution in [0.3, 0.4) is 0 Å². The van der Waals surface area contributed by atoms with Gasteiger partial charge in [-0.25, -0.2) is 0 Å². The van der Waals surface area contributed by atoms with Gasteiger partial charge in [0.25, 0.3) is 0 Å². The van der Waals surface area contributed by atoms with Crippen molar-refractivity contribution >= 4 is 27.1 Å². The third-order valence-corrected chi connectivity index (χ3v) is 2.99. The van der Waals surface area contributed by atoms with Gasteiger partial charge in [-0.3, -0.25) is 0 Å².